The lowest BCUT2D eigenvalue weighted by molar-refractivity contribution is 0.203. The number of pyridine rings is 1. The van der Waals surface area contributed by atoms with Crippen LogP contribution in [-0.4, -0.2) is 29.8 Å². The average molecular weight is 220 g/mol. The number of hydrogen-bond donors (Lipinski definition) is 1. The number of aryl methyl sites for hydroxylation is 1. The van der Waals surface area contributed by atoms with Gasteiger partial charge >= 0.3 is 0 Å². The van der Waals surface area contributed by atoms with Gasteiger partial charge in [0.05, 0.1) is 0 Å². The molecule has 1 aromatic heterocycles. The number of rotatable bonds is 3. The fourth-order valence-electron chi connectivity index (χ4n) is 2.16. The summed E-state index contributed by atoms with van der Waals surface area (Å²) in [6, 6.07) is 4.26. The van der Waals surface area contributed by atoms with Gasteiger partial charge in [-0.3, -0.25) is 0 Å². The molecule has 0 radical (unpaired) electrons. The van der Waals surface area contributed by atoms with Crippen molar-refractivity contribution in [3.8, 4) is 0 Å². The maximum atomic E-state index is 9.08. The van der Waals surface area contributed by atoms with Crippen LogP contribution in [0.15, 0.2) is 18.3 Å². The third-order valence-electron chi connectivity index (χ3n) is 3.41. The molecule has 3 nitrogen and oxygen atoms in total. The molecule has 88 valence electrons. The highest BCUT2D eigenvalue weighted by molar-refractivity contribution is 5.39. The molecule has 0 aromatic carbocycles. The van der Waals surface area contributed by atoms with Gasteiger partial charge in [0.1, 0.15) is 5.82 Å². The van der Waals surface area contributed by atoms with E-state index in [9.17, 15) is 0 Å². The molecule has 16 heavy (non-hydrogen) atoms. The normalized spacial score (nSPS) is 17.8. The van der Waals surface area contributed by atoms with Crippen LogP contribution < -0.4 is 4.90 Å². The standard InChI is InChI=1S/C13H20N2O/c1-2-11-3-4-13(14-9-11)15-7-5-12(10-16)6-8-15/h3-4,9,12,16H,2,5-8,10H2,1H3. The van der Waals surface area contributed by atoms with Crippen LogP contribution in [0.4, 0.5) is 5.82 Å². The largest absolute Gasteiger partial charge is 0.396 e. The Morgan fingerprint density at radius 3 is 2.62 bits per heavy atom. The summed E-state index contributed by atoms with van der Waals surface area (Å²) in [5.74, 6) is 1.57. The van der Waals surface area contributed by atoms with E-state index in [1.807, 2.05) is 6.20 Å². The fraction of sp³-hybridized carbons (Fsp3) is 0.615. The number of nitrogens with zero attached hydrogens (tertiary/aromatic N) is 2. The highest BCUT2D eigenvalue weighted by atomic mass is 16.3. The van der Waals surface area contributed by atoms with Gasteiger partial charge in [-0.05, 0) is 36.8 Å². The summed E-state index contributed by atoms with van der Waals surface area (Å²) in [4.78, 5) is 6.80. The highest BCUT2D eigenvalue weighted by Crippen LogP contribution is 2.21. The minimum Gasteiger partial charge on any atom is -0.396 e. The minimum absolute atomic E-state index is 0.329. The Labute approximate surface area is 97.1 Å². The van der Waals surface area contributed by atoms with E-state index in [-0.39, 0.29) is 0 Å². The molecule has 2 heterocycles. The monoisotopic (exact) mass is 220 g/mol. The molecule has 0 spiro atoms. The highest BCUT2D eigenvalue weighted by Gasteiger charge is 2.19. The first-order valence-corrected chi connectivity index (χ1v) is 6.14. The first-order chi connectivity index (χ1) is 7.83. The molecule has 0 amide bonds. The first kappa shape index (κ1) is 11.4. The molecule has 2 rings (SSSR count). The van der Waals surface area contributed by atoms with Crippen molar-refractivity contribution in [3.05, 3.63) is 23.9 Å². The van der Waals surface area contributed by atoms with Crippen molar-refractivity contribution in [2.45, 2.75) is 26.2 Å². The third-order valence-corrected chi connectivity index (χ3v) is 3.41. The lowest BCUT2D eigenvalue weighted by Crippen LogP contribution is -2.35. The van der Waals surface area contributed by atoms with Gasteiger partial charge in [0.25, 0.3) is 0 Å². The lowest BCUT2D eigenvalue weighted by atomic mass is 9.98. The zero-order chi connectivity index (χ0) is 11.4. The molecule has 1 saturated heterocycles. The van der Waals surface area contributed by atoms with Crippen molar-refractivity contribution >= 4 is 5.82 Å². The summed E-state index contributed by atoms with van der Waals surface area (Å²) >= 11 is 0. The summed E-state index contributed by atoms with van der Waals surface area (Å²) in [6.45, 7) is 4.51. The van der Waals surface area contributed by atoms with E-state index in [1.165, 1.54) is 5.56 Å². The van der Waals surface area contributed by atoms with Crippen molar-refractivity contribution in [3.63, 3.8) is 0 Å². The van der Waals surface area contributed by atoms with Crippen LogP contribution in [0, 0.1) is 5.92 Å². The van der Waals surface area contributed by atoms with E-state index in [0.29, 0.717) is 12.5 Å². The molecule has 0 atom stereocenters. The van der Waals surface area contributed by atoms with E-state index in [0.717, 1.165) is 38.2 Å². The van der Waals surface area contributed by atoms with Crippen LogP contribution >= 0.6 is 0 Å². The molecular weight excluding hydrogens is 200 g/mol. The van der Waals surface area contributed by atoms with Gasteiger partial charge in [-0.25, -0.2) is 4.98 Å². The van der Waals surface area contributed by atoms with Crippen molar-refractivity contribution in [2.24, 2.45) is 5.92 Å². The van der Waals surface area contributed by atoms with Gasteiger partial charge in [-0.1, -0.05) is 13.0 Å². The molecule has 3 heteroatoms. The fourth-order valence-corrected chi connectivity index (χ4v) is 2.16. The van der Waals surface area contributed by atoms with Gasteiger partial charge in [0.15, 0.2) is 0 Å². The second-order valence-electron chi connectivity index (χ2n) is 4.49. The molecule has 1 aliphatic heterocycles. The van der Waals surface area contributed by atoms with Crippen molar-refractivity contribution in [2.75, 3.05) is 24.6 Å². The summed E-state index contributed by atoms with van der Waals surface area (Å²) in [6.07, 6.45) is 5.16. The van der Waals surface area contributed by atoms with Crippen molar-refractivity contribution in [1.29, 1.82) is 0 Å². The van der Waals surface area contributed by atoms with Gasteiger partial charge in [-0.2, -0.15) is 0 Å². The second kappa shape index (κ2) is 5.30. The Balaban J connectivity index is 1.97. The molecule has 0 saturated carbocycles. The SMILES string of the molecule is CCc1ccc(N2CCC(CO)CC2)nc1. The molecule has 1 N–H and O–H groups in total. The third kappa shape index (κ3) is 2.53. The van der Waals surface area contributed by atoms with Crippen LogP contribution in [-0.2, 0) is 6.42 Å². The maximum Gasteiger partial charge on any atom is 0.128 e. The Kier molecular flexibility index (Phi) is 3.78. The summed E-state index contributed by atoms with van der Waals surface area (Å²) in [5.41, 5.74) is 1.29. The number of piperidine rings is 1. The smallest absolute Gasteiger partial charge is 0.128 e. The van der Waals surface area contributed by atoms with Crippen LogP contribution in [0.2, 0.25) is 0 Å². The topological polar surface area (TPSA) is 36.4 Å². The summed E-state index contributed by atoms with van der Waals surface area (Å²) in [7, 11) is 0. The Bertz CT molecular complexity index is 315. The van der Waals surface area contributed by atoms with Crippen molar-refractivity contribution in [1.82, 2.24) is 4.98 Å². The Hall–Kier alpha value is -1.09. The molecule has 0 unspecified atom stereocenters. The van der Waals surface area contributed by atoms with Gasteiger partial charge in [0, 0.05) is 25.9 Å². The van der Waals surface area contributed by atoms with Gasteiger partial charge in [-0.15, -0.1) is 0 Å². The molecule has 1 fully saturated rings. The predicted octanol–water partition coefficient (Wildman–Crippen LogP) is 1.85. The van der Waals surface area contributed by atoms with Gasteiger partial charge in [0.2, 0.25) is 0 Å². The van der Waals surface area contributed by atoms with Crippen molar-refractivity contribution < 1.29 is 5.11 Å². The lowest BCUT2D eigenvalue weighted by Gasteiger charge is -2.31. The number of anilines is 1. The number of aliphatic hydroxyl groups excluding tert-OH is 1. The average Bonchev–Trinajstić information content (AvgIpc) is 2.39. The van der Waals surface area contributed by atoms with E-state index in [4.69, 9.17) is 5.11 Å². The van der Waals surface area contributed by atoms with Crippen LogP contribution in [0.1, 0.15) is 25.3 Å². The quantitative estimate of drug-likeness (QED) is 0.844. The van der Waals surface area contributed by atoms with E-state index >= 15 is 0 Å². The molecule has 1 aliphatic rings. The molecule has 0 bridgehead atoms. The van der Waals surface area contributed by atoms with Crippen LogP contribution in [0.25, 0.3) is 0 Å². The summed E-state index contributed by atoms with van der Waals surface area (Å²) < 4.78 is 0. The zero-order valence-corrected chi connectivity index (χ0v) is 9.89. The number of hydrogen-bond acceptors (Lipinski definition) is 3. The van der Waals surface area contributed by atoms with E-state index in [1.54, 1.807) is 0 Å². The molecule has 0 aliphatic carbocycles. The number of aromatic nitrogens is 1. The van der Waals surface area contributed by atoms with Gasteiger partial charge < -0.3 is 10.0 Å². The number of aliphatic hydroxyl groups is 1. The maximum absolute atomic E-state index is 9.08. The molecule has 1 aromatic rings. The van der Waals surface area contributed by atoms with Crippen LogP contribution in [0.3, 0.4) is 0 Å². The summed E-state index contributed by atoms with van der Waals surface area (Å²) in [5, 5.41) is 9.08. The van der Waals surface area contributed by atoms with E-state index < -0.39 is 0 Å². The first-order valence-electron chi connectivity index (χ1n) is 6.14. The zero-order valence-electron chi connectivity index (χ0n) is 9.89. The molecular formula is C13H20N2O. The Morgan fingerprint density at radius 1 is 1.38 bits per heavy atom. The van der Waals surface area contributed by atoms with E-state index in [2.05, 4.69) is 28.9 Å². The Morgan fingerprint density at radius 2 is 2.12 bits per heavy atom. The minimum atomic E-state index is 0.329. The van der Waals surface area contributed by atoms with Crippen LogP contribution in [0.5, 0.6) is 0 Å². The predicted molar refractivity (Wildman–Crippen MR) is 65.6 cm³/mol. The second-order valence-corrected chi connectivity index (χ2v) is 4.49.